The third kappa shape index (κ3) is 5.78. The zero-order valence-corrected chi connectivity index (χ0v) is 9.68. The van der Waals surface area contributed by atoms with Gasteiger partial charge in [-0.25, -0.2) is 0 Å². The van der Waals surface area contributed by atoms with Crippen LogP contribution in [0.25, 0.3) is 0 Å². The molecule has 0 aliphatic carbocycles. The fourth-order valence-electron chi connectivity index (χ4n) is 1.58. The summed E-state index contributed by atoms with van der Waals surface area (Å²) in [6, 6.07) is 0. The van der Waals surface area contributed by atoms with Crippen molar-refractivity contribution in [2.45, 2.75) is 25.0 Å². The molecule has 7 nitrogen and oxygen atoms in total. The third-order valence-electron chi connectivity index (χ3n) is 2.08. The van der Waals surface area contributed by atoms with Gasteiger partial charge >= 0.3 is 15.2 Å². The van der Waals surface area contributed by atoms with Gasteiger partial charge < -0.3 is 24.3 Å². The van der Waals surface area contributed by atoms with Gasteiger partial charge in [-0.05, 0) is 12.8 Å². The predicted molar refractivity (Wildman–Crippen MR) is 51.7 cm³/mol. The molecule has 1 aliphatic heterocycles. The van der Waals surface area contributed by atoms with E-state index in [4.69, 9.17) is 24.3 Å². The van der Waals surface area contributed by atoms with Crippen LogP contribution in [0.15, 0.2) is 0 Å². The Bertz CT molecular complexity index is 275. The Morgan fingerprint density at radius 1 is 0.933 bits per heavy atom. The summed E-state index contributed by atoms with van der Waals surface area (Å²) in [5.74, 6) is 0. The first kappa shape index (κ1) is 13.3. The molecule has 90 valence electrons. The molecule has 1 aliphatic rings. The molecule has 0 radical (unpaired) electrons. The second-order valence-electron chi connectivity index (χ2n) is 3.65. The van der Waals surface area contributed by atoms with Gasteiger partial charge in [0.1, 0.15) is 0 Å². The van der Waals surface area contributed by atoms with Crippen LogP contribution >= 0.6 is 15.2 Å². The van der Waals surface area contributed by atoms with Crippen LogP contribution < -0.4 is 0 Å². The van der Waals surface area contributed by atoms with Crippen molar-refractivity contribution in [2.24, 2.45) is 0 Å². The molecule has 1 fully saturated rings. The molecule has 0 aromatic carbocycles. The zero-order valence-electron chi connectivity index (χ0n) is 7.89. The maximum atomic E-state index is 10.6. The molecule has 1 heterocycles. The maximum Gasteiger partial charge on any atom is 0.328 e. The predicted octanol–water partition coefficient (Wildman–Crippen LogP) is -0.111. The Kier molecular flexibility index (Phi) is 4.12. The van der Waals surface area contributed by atoms with E-state index in [1.807, 2.05) is 0 Å². The summed E-state index contributed by atoms with van der Waals surface area (Å²) in [6.07, 6.45) is -1.11. The molecule has 9 heteroatoms. The minimum atomic E-state index is -4.11. The summed E-state index contributed by atoms with van der Waals surface area (Å²) in [7, 11) is -8.22. The van der Waals surface area contributed by atoms with Crippen molar-refractivity contribution in [1.82, 2.24) is 0 Å². The van der Waals surface area contributed by atoms with E-state index in [1.165, 1.54) is 0 Å². The normalized spacial score (nSPS) is 28.3. The summed E-state index contributed by atoms with van der Waals surface area (Å²) in [5, 5.41) is 0. The molecule has 15 heavy (non-hydrogen) atoms. The molecule has 0 amide bonds. The van der Waals surface area contributed by atoms with Crippen molar-refractivity contribution in [1.29, 1.82) is 0 Å². The lowest BCUT2D eigenvalue weighted by Gasteiger charge is -2.14. The highest BCUT2D eigenvalue weighted by Gasteiger charge is 2.33. The van der Waals surface area contributed by atoms with Crippen molar-refractivity contribution >= 4 is 15.2 Å². The van der Waals surface area contributed by atoms with Crippen LogP contribution in [0.2, 0.25) is 0 Å². The number of hydrogen-bond donors (Lipinski definition) is 4. The first-order valence-electron chi connectivity index (χ1n) is 4.40. The topological polar surface area (TPSA) is 124 Å². The summed E-state index contributed by atoms with van der Waals surface area (Å²) in [5.41, 5.74) is 0. The Morgan fingerprint density at radius 3 is 1.53 bits per heavy atom. The minimum absolute atomic E-state index is 0.384. The second kappa shape index (κ2) is 4.63. The van der Waals surface area contributed by atoms with Crippen LogP contribution in [0.4, 0.5) is 0 Å². The van der Waals surface area contributed by atoms with Gasteiger partial charge in [-0.1, -0.05) is 0 Å². The summed E-state index contributed by atoms with van der Waals surface area (Å²) in [6.45, 7) is 0. The minimum Gasteiger partial charge on any atom is -0.374 e. The molecule has 4 N–H and O–H groups in total. The van der Waals surface area contributed by atoms with Gasteiger partial charge in [0.05, 0.1) is 24.5 Å². The second-order valence-corrected chi connectivity index (χ2v) is 7.04. The molecule has 0 bridgehead atoms. The largest absolute Gasteiger partial charge is 0.374 e. The lowest BCUT2D eigenvalue weighted by atomic mass is 10.2. The molecule has 0 unspecified atom stereocenters. The monoisotopic (exact) mass is 260 g/mol. The van der Waals surface area contributed by atoms with E-state index >= 15 is 0 Å². The fraction of sp³-hybridized carbons (Fsp3) is 1.00. The van der Waals surface area contributed by atoms with Crippen LogP contribution in [0.1, 0.15) is 12.8 Å². The molecule has 1 rings (SSSR count). The Balaban J connectivity index is 2.40. The molecule has 2 atom stereocenters. The average molecular weight is 260 g/mol. The molecule has 0 spiro atoms. The number of ether oxygens (including phenoxy) is 1. The lowest BCUT2D eigenvalue weighted by Crippen LogP contribution is -2.17. The summed E-state index contributed by atoms with van der Waals surface area (Å²) >= 11 is 0. The van der Waals surface area contributed by atoms with Gasteiger partial charge in [0, 0.05) is 0 Å². The highest BCUT2D eigenvalue weighted by atomic mass is 31.2. The molecule has 0 saturated carbocycles. The van der Waals surface area contributed by atoms with Crippen molar-refractivity contribution in [3.8, 4) is 0 Å². The smallest absolute Gasteiger partial charge is 0.328 e. The van der Waals surface area contributed by atoms with Crippen molar-refractivity contribution in [3.63, 3.8) is 0 Å². The van der Waals surface area contributed by atoms with Crippen molar-refractivity contribution < 1.29 is 33.4 Å². The van der Waals surface area contributed by atoms with E-state index in [0.29, 0.717) is 12.8 Å². The van der Waals surface area contributed by atoms with Crippen molar-refractivity contribution in [3.05, 3.63) is 0 Å². The number of hydrogen-bond acceptors (Lipinski definition) is 3. The van der Waals surface area contributed by atoms with Gasteiger partial charge in [0.25, 0.3) is 0 Å². The molecule has 0 aromatic heterocycles. The van der Waals surface area contributed by atoms with E-state index < -0.39 is 27.4 Å². The Morgan fingerprint density at radius 2 is 1.27 bits per heavy atom. The Hall–Kier alpha value is 0.260. The Labute approximate surface area is 86.8 Å². The first-order valence-corrected chi connectivity index (χ1v) is 8.00. The van der Waals surface area contributed by atoms with Crippen LogP contribution in [0, 0.1) is 0 Å². The molecular formula is C6H14O7P2. The lowest BCUT2D eigenvalue weighted by molar-refractivity contribution is 0.0653. The first-order chi connectivity index (χ1) is 6.66. The van der Waals surface area contributed by atoms with E-state index in [2.05, 4.69) is 0 Å². The highest BCUT2D eigenvalue weighted by Crippen LogP contribution is 2.42. The van der Waals surface area contributed by atoms with Crippen LogP contribution in [0.5, 0.6) is 0 Å². The summed E-state index contributed by atoms with van der Waals surface area (Å²) in [4.78, 5) is 34.7. The van der Waals surface area contributed by atoms with Gasteiger partial charge in [0.15, 0.2) is 0 Å². The van der Waals surface area contributed by atoms with E-state index in [-0.39, 0.29) is 12.3 Å². The van der Waals surface area contributed by atoms with Crippen molar-refractivity contribution in [2.75, 3.05) is 12.3 Å². The van der Waals surface area contributed by atoms with Crippen LogP contribution in [-0.4, -0.2) is 44.1 Å². The molecule has 1 saturated heterocycles. The van der Waals surface area contributed by atoms with E-state index in [9.17, 15) is 9.13 Å². The quantitative estimate of drug-likeness (QED) is 0.520. The average Bonchev–Trinajstić information content (AvgIpc) is 2.28. The van der Waals surface area contributed by atoms with E-state index in [1.54, 1.807) is 0 Å². The van der Waals surface area contributed by atoms with Gasteiger partial charge in [-0.15, -0.1) is 0 Å². The van der Waals surface area contributed by atoms with Gasteiger partial charge in [-0.3, -0.25) is 9.13 Å². The molecule has 0 aromatic rings. The SMILES string of the molecule is O=P(O)(O)C[C@H]1CC[C@@H](CP(=O)(O)O)O1. The van der Waals surface area contributed by atoms with Gasteiger partial charge in [0.2, 0.25) is 0 Å². The standard InChI is InChI=1S/C6H14O7P2/c7-14(8,9)3-5-1-2-6(13-5)4-15(10,11)12/h5-6H,1-4H2,(H2,7,8,9)(H2,10,11,12)/t5-,6+. The zero-order chi connectivity index (χ0) is 11.7. The van der Waals surface area contributed by atoms with Crippen LogP contribution in [-0.2, 0) is 13.9 Å². The van der Waals surface area contributed by atoms with E-state index in [0.717, 1.165) is 0 Å². The third-order valence-corrected chi connectivity index (χ3v) is 3.84. The maximum absolute atomic E-state index is 10.6. The highest BCUT2D eigenvalue weighted by molar-refractivity contribution is 7.52. The van der Waals surface area contributed by atoms with Crippen LogP contribution in [0.3, 0.4) is 0 Å². The van der Waals surface area contributed by atoms with Gasteiger partial charge in [-0.2, -0.15) is 0 Å². The molecular weight excluding hydrogens is 246 g/mol. The number of rotatable bonds is 4. The fourth-order valence-corrected chi connectivity index (χ4v) is 3.18. The summed E-state index contributed by atoms with van der Waals surface area (Å²) < 4.78 is 26.4.